The number of ether oxygens (including phenoxy) is 1. The Morgan fingerprint density at radius 3 is 2.71 bits per heavy atom. The van der Waals surface area contributed by atoms with E-state index in [0.29, 0.717) is 22.5 Å². The molecule has 8 heteroatoms. The maximum atomic E-state index is 9.87. The van der Waals surface area contributed by atoms with Gasteiger partial charge in [-0.15, -0.1) is 11.3 Å². The second kappa shape index (κ2) is 11.0. The van der Waals surface area contributed by atoms with Crippen LogP contribution in [0, 0.1) is 11.8 Å². The molecule has 0 unspecified atom stereocenters. The van der Waals surface area contributed by atoms with Crippen molar-refractivity contribution in [2.45, 2.75) is 44.8 Å². The van der Waals surface area contributed by atoms with Crippen LogP contribution in [0.1, 0.15) is 48.7 Å². The minimum absolute atomic E-state index is 0.264. The fourth-order valence-corrected chi connectivity index (χ4v) is 5.13. The van der Waals surface area contributed by atoms with Crippen LogP contribution in [-0.2, 0) is 6.61 Å². The van der Waals surface area contributed by atoms with Crippen molar-refractivity contribution in [2.75, 3.05) is 32.5 Å². The highest BCUT2D eigenvalue weighted by Crippen LogP contribution is 2.37. The van der Waals surface area contributed by atoms with E-state index in [1.54, 1.807) is 31.3 Å². The molecule has 0 atom stereocenters. The monoisotopic (exact) mass is 510 g/mol. The summed E-state index contributed by atoms with van der Waals surface area (Å²) < 4.78 is 6.16. The van der Waals surface area contributed by atoms with Gasteiger partial charge >= 0.3 is 0 Å². The molecule has 0 radical (unpaired) electrons. The number of thiazole rings is 1. The van der Waals surface area contributed by atoms with Crippen molar-refractivity contribution in [1.82, 2.24) is 14.9 Å². The summed E-state index contributed by atoms with van der Waals surface area (Å²) >= 11 is 8.16. The highest BCUT2D eigenvalue weighted by molar-refractivity contribution is 7.15. The molecule has 0 saturated carbocycles. The van der Waals surface area contributed by atoms with E-state index in [1.165, 1.54) is 5.01 Å². The number of piperidine rings is 1. The van der Waals surface area contributed by atoms with Gasteiger partial charge in [-0.1, -0.05) is 23.4 Å². The Hall–Kier alpha value is -2.63. The number of hydrogen-bond acceptors (Lipinski definition) is 7. The van der Waals surface area contributed by atoms with Crippen LogP contribution in [0.15, 0.2) is 36.7 Å². The summed E-state index contributed by atoms with van der Waals surface area (Å²) in [6.45, 7) is 5.80. The molecule has 35 heavy (non-hydrogen) atoms. The van der Waals surface area contributed by atoms with Crippen LogP contribution in [0.4, 0.5) is 5.82 Å². The Morgan fingerprint density at radius 1 is 1.23 bits per heavy atom. The van der Waals surface area contributed by atoms with Crippen LogP contribution in [0.25, 0.3) is 10.4 Å². The summed E-state index contributed by atoms with van der Waals surface area (Å²) in [4.78, 5) is 12.8. The molecule has 0 amide bonds. The summed E-state index contributed by atoms with van der Waals surface area (Å²) in [5.41, 5.74) is 1.49. The predicted molar refractivity (Wildman–Crippen MR) is 143 cm³/mol. The summed E-state index contributed by atoms with van der Waals surface area (Å²) in [5.74, 6) is 7.64. The zero-order valence-electron chi connectivity index (χ0n) is 20.6. The number of aromatic nitrogens is 2. The van der Waals surface area contributed by atoms with Gasteiger partial charge in [0.15, 0.2) is 11.6 Å². The van der Waals surface area contributed by atoms with E-state index in [1.807, 2.05) is 37.6 Å². The number of aliphatic hydroxyl groups is 1. The molecule has 2 aromatic heterocycles. The van der Waals surface area contributed by atoms with Crippen LogP contribution in [0.5, 0.6) is 5.75 Å². The van der Waals surface area contributed by atoms with Gasteiger partial charge in [0.05, 0.1) is 9.88 Å². The molecule has 1 saturated heterocycles. The second-order valence-corrected chi connectivity index (χ2v) is 10.8. The maximum Gasteiger partial charge on any atom is 0.168 e. The highest BCUT2D eigenvalue weighted by atomic mass is 35.5. The predicted octanol–water partition coefficient (Wildman–Crippen LogP) is 5.41. The van der Waals surface area contributed by atoms with E-state index in [9.17, 15) is 5.11 Å². The van der Waals surface area contributed by atoms with Crippen molar-refractivity contribution in [3.8, 4) is 28.0 Å². The quantitative estimate of drug-likeness (QED) is 0.432. The molecule has 0 spiro atoms. The number of likely N-dealkylation sites (tertiary alicyclic amines) is 1. The summed E-state index contributed by atoms with van der Waals surface area (Å²) in [5, 5.41) is 14.8. The van der Waals surface area contributed by atoms with Crippen molar-refractivity contribution in [3.05, 3.63) is 57.8 Å². The van der Waals surface area contributed by atoms with Crippen LogP contribution in [0.2, 0.25) is 5.02 Å². The van der Waals surface area contributed by atoms with E-state index < -0.39 is 5.60 Å². The molecular weight excluding hydrogens is 480 g/mol. The third-order valence-corrected chi connectivity index (χ3v) is 7.48. The molecule has 184 valence electrons. The normalized spacial score (nSPS) is 14.9. The Labute approximate surface area is 216 Å². The second-order valence-electron chi connectivity index (χ2n) is 9.36. The number of nitrogens with zero attached hydrogens (tertiary/aromatic N) is 3. The number of pyridine rings is 1. The van der Waals surface area contributed by atoms with E-state index in [2.05, 4.69) is 34.1 Å². The van der Waals surface area contributed by atoms with Gasteiger partial charge in [0, 0.05) is 47.1 Å². The van der Waals surface area contributed by atoms with E-state index in [4.69, 9.17) is 21.3 Å². The number of hydrogen-bond donors (Lipinski definition) is 2. The first kappa shape index (κ1) is 25.5. The smallest absolute Gasteiger partial charge is 0.168 e. The van der Waals surface area contributed by atoms with Crippen LogP contribution in [-0.4, -0.2) is 52.8 Å². The van der Waals surface area contributed by atoms with Gasteiger partial charge in [-0.2, -0.15) is 0 Å². The molecule has 0 bridgehead atoms. The van der Waals surface area contributed by atoms with Gasteiger partial charge in [-0.05, 0) is 71.1 Å². The number of nitrogens with one attached hydrogen (secondary N) is 1. The van der Waals surface area contributed by atoms with Gasteiger partial charge < -0.3 is 20.1 Å². The largest absolute Gasteiger partial charge is 0.485 e. The fraction of sp³-hybridized carbons (Fsp3) is 0.407. The third kappa shape index (κ3) is 6.74. The SMILES string of the molecule is CNc1ncc(-c2cnc(C3CCN(C)CC3)s2)cc1OCc1cc(C#CC(C)(C)O)ccc1Cl. The highest BCUT2D eigenvalue weighted by Gasteiger charge is 2.22. The zero-order chi connectivity index (χ0) is 25.0. The lowest BCUT2D eigenvalue weighted by atomic mass is 9.98. The number of rotatable bonds is 6. The first-order valence-electron chi connectivity index (χ1n) is 11.7. The minimum Gasteiger partial charge on any atom is -0.485 e. The van der Waals surface area contributed by atoms with Gasteiger partial charge in [-0.3, -0.25) is 0 Å². The van der Waals surface area contributed by atoms with Crippen LogP contribution in [0.3, 0.4) is 0 Å². The number of halogens is 1. The molecule has 1 aromatic carbocycles. The Morgan fingerprint density at radius 2 is 2.00 bits per heavy atom. The third-order valence-electron chi connectivity index (χ3n) is 5.91. The van der Waals surface area contributed by atoms with Crippen molar-refractivity contribution >= 4 is 28.8 Å². The lowest BCUT2D eigenvalue weighted by Gasteiger charge is -2.27. The average molecular weight is 511 g/mol. The molecule has 3 heterocycles. The molecule has 4 rings (SSSR count). The van der Waals surface area contributed by atoms with Crippen molar-refractivity contribution in [2.24, 2.45) is 0 Å². The lowest BCUT2D eigenvalue weighted by molar-refractivity contribution is 0.143. The molecule has 1 fully saturated rings. The lowest BCUT2D eigenvalue weighted by Crippen LogP contribution is -2.29. The van der Waals surface area contributed by atoms with E-state index in [-0.39, 0.29) is 6.61 Å². The van der Waals surface area contributed by atoms with Gasteiger partial charge in [0.25, 0.3) is 0 Å². The maximum absolute atomic E-state index is 9.87. The zero-order valence-corrected chi connectivity index (χ0v) is 22.1. The molecule has 2 N–H and O–H groups in total. The molecule has 1 aliphatic rings. The minimum atomic E-state index is -1.06. The van der Waals surface area contributed by atoms with Gasteiger partial charge in [-0.25, -0.2) is 9.97 Å². The standard InChI is InChI=1S/C27H31ClN4O2S/c1-27(2,33)10-7-18-5-6-22(28)21(13-18)17-34-23-14-20(15-30-25(23)29-3)24-16-31-26(35-24)19-8-11-32(4)12-9-19/h5-6,13-16,19,33H,8-9,11-12,17H2,1-4H3,(H,29,30). The van der Waals surface area contributed by atoms with Crippen LogP contribution >= 0.6 is 22.9 Å². The molecule has 1 aliphatic heterocycles. The fourth-order valence-electron chi connectivity index (χ4n) is 3.89. The van der Waals surface area contributed by atoms with Crippen LogP contribution < -0.4 is 10.1 Å². The Balaban J connectivity index is 1.52. The van der Waals surface area contributed by atoms with Crippen molar-refractivity contribution < 1.29 is 9.84 Å². The van der Waals surface area contributed by atoms with E-state index in [0.717, 1.165) is 47.5 Å². The van der Waals surface area contributed by atoms with Gasteiger partial charge in [0.1, 0.15) is 12.2 Å². The first-order chi connectivity index (χ1) is 16.7. The number of benzene rings is 1. The number of anilines is 1. The van der Waals surface area contributed by atoms with E-state index >= 15 is 0 Å². The van der Waals surface area contributed by atoms with Crippen molar-refractivity contribution in [3.63, 3.8) is 0 Å². The Bertz CT molecular complexity index is 1230. The summed E-state index contributed by atoms with van der Waals surface area (Å²) in [6, 6.07) is 7.51. The first-order valence-corrected chi connectivity index (χ1v) is 12.9. The molecule has 3 aromatic rings. The van der Waals surface area contributed by atoms with Crippen molar-refractivity contribution in [1.29, 1.82) is 0 Å². The summed E-state index contributed by atoms with van der Waals surface area (Å²) in [6.07, 6.45) is 6.09. The summed E-state index contributed by atoms with van der Waals surface area (Å²) in [7, 11) is 3.99. The Kier molecular flexibility index (Phi) is 7.98. The molecule has 6 nitrogen and oxygen atoms in total. The average Bonchev–Trinajstić information content (AvgIpc) is 3.33. The topological polar surface area (TPSA) is 70.5 Å². The molecule has 0 aliphatic carbocycles. The van der Waals surface area contributed by atoms with Gasteiger partial charge in [0.2, 0.25) is 0 Å². The molecular formula is C27H31ClN4O2S.